The minimum Gasteiger partial charge on any atom is -0.398 e. The fourth-order valence-corrected chi connectivity index (χ4v) is 4.85. The smallest absolute Gasteiger partial charge is 0.243 e. The summed E-state index contributed by atoms with van der Waals surface area (Å²) in [6.07, 6.45) is 0. The average molecular weight is 307 g/mol. The largest absolute Gasteiger partial charge is 0.398 e. The molecule has 7 heteroatoms. The van der Waals surface area contributed by atoms with Gasteiger partial charge >= 0.3 is 0 Å². The molecule has 1 aromatic rings. The van der Waals surface area contributed by atoms with E-state index in [-0.39, 0.29) is 9.92 Å². The Hall–Kier alpha value is -0.430. The van der Waals surface area contributed by atoms with E-state index in [1.54, 1.807) is 11.8 Å². The van der Waals surface area contributed by atoms with Crippen LogP contribution >= 0.6 is 23.4 Å². The lowest BCUT2D eigenvalue weighted by Gasteiger charge is -2.29. The first-order valence-corrected chi connectivity index (χ1v) is 8.44. The minimum atomic E-state index is -3.45. The third kappa shape index (κ3) is 2.77. The highest BCUT2D eigenvalue weighted by molar-refractivity contribution is 8.00. The molecule has 100 valence electrons. The molecule has 1 aliphatic heterocycles. The molecule has 0 saturated carbocycles. The van der Waals surface area contributed by atoms with Gasteiger partial charge in [-0.1, -0.05) is 18.5 Å². The lowest BCUT2D eigenvalue weighted by Crippen LogP contribution is -2.40. The molecule has 0 bridgehead atoms. The van der Waals surface area contributed by atoms with E-state index in [4.69, 9.17) is 17.3 Å². The molecule has 2 N–H and O–H groups in total. The molecule has 1 fully saturated rings. The molecule has 0 spiro atoms. The van der Waals surface area contributed by atoms with Gasteiger partial charge in [0.1, 0.15) is 0 Å². The van der Waals surface area contributed by atoms with Crippen molar-refractivity contribution in [1.29, 1.82) is 0 Å². The van der Waals surface area contributed by atoms with Crippen LogP contribution in [0.3, 0.4) is 0 Å². The molecule has 0 aliphatic carbocycles. The van der Waals surface area contributed by atoms with Crippen molar-refractivity contribution < 1.29 is 8.42 Å². The molecule has 1 aliphatic rings. The van der Waals surface area contributed by atoms with E-state index in [2.05, 4.69) is 0 Å². The summed E-state index contributed by atoms with van der Waals surface area (Å²) in [5.74, 6) is 0.823. The summed E-state index contributed by atoms with van der Waals surface area (Å²) >= 11 is 7.66. The Balaban J connectivity index is 2.32. The molecule has 1 saturated heterocycles. The predicted molar refractivity (Wildman–Crippen MR) is 76.5 cm³/mol. The van der Waals surface area contributed by atoms with Crippen molar-refractivity contribution in [1.82, 2.24) is 4.31 Å². The second kappa shape index (κ2) is 5.28. The molecule has 4 nitrogen and oxygen atoms in total. The molecule has 0 radical (unpaired) electrons. The first-order valence-electron chi connectivity index (χ1n) is 5.58. The van der Waals surface area contributed by atoms with Crippen molar-refractivity contribution in [2.24, 2.45) is 0 Å². The molecule has 1 aromatic carbocycles. The van der Waals surface area contributed by atoms with Crippen molar-refractivity contribution in [2.75, 3.05) is 24.6 Å². The van der Waals surface area contributed by atoms with Crippen LogP contribution in [0.4, 0.5) is 5.69 Å². The number of anilines is 1. The minimum absolute atomic E-state index is 0.209. The molecular weight excluding hydrogens is 292 g/mol. The Labute approximate surface area is 117 Å². The van der Waals surface area contributed by atoms with Crippen LogP contribution in [-0.2, 0) is 10.0 Å². The number of rotatable bonds is 2. The number of nitrogen functional groups attached to an aromatic ring is 1. The van der Waals surface area contributed by atoms with E-state index in [9.17, 15) is 8.42 Å². The summed E-state index contributed by atoms with van der Waals surface area (Å²) in [5, 5.41) is 0.591. The predicted octanol–water partition coefficient (Wildman–Crippen LogP) is 2.05. The number of nitrogens with two attached hydrogens (primary N) is 1. The number of thioether (sulfide) groups is 1. The van der Waals surface area contributed by atoms with Gasteiger partial charge in [0.05, 0.1) is 15.6 Å². The van der Waals surface area contributed by atoms with E-state index in [1.807, 2.05) is 6.92 Å². The molecule has 0 amide bonds. The fourth-order valence-electron chi connectivity index (χ4n) is 1.82. The average Bonchev–Trinajstić information content (AvgIpc) is 2.32. The Morgan fingerprint density at radius 2 is 2.22 bits per heavy atom. The maximum Gasteiger partial charge on any atom is 0.243 e. The molecule has 1 atom stereocenters. The van der Waals surface area contributed by atoms with Gasteiger partial charge < -0.3 is 5.73 Å². The normalized spacial score (nSPS) is 22.0. The zero-order valence-corrected chi connectivity index (χ0v) is 12.4. The first kappa shape index (κ1) is 14.0. The van der Waals surface area contributed by atoms with E-state index < -0.39 is 10.0 Å². The van der Waals surface area contributed by atoms with Crippen molar-refractivity contribution in [2.45, 2.75) is 17.1 Å². The van der Waals surface area contributed by atoms with Gasteiger partial charge in [-0.3, -0.25) is 0 Å². The topological polar surface area (TPSA) is 63.4 Å². The van der Waals surface area contributed by atoms with Crippen LogP contribution in [-0.4, -0.2) is 36.8 Å². The van der Waals surface area contributed by atoms with Gasteiger partial charge in [-0.2, -0.15) is 16.1 Å². The van der Waals surface area contributed by atoms with Gasteiger partial charge in [-0.15, -0.1) is 0 Å². The Morgan fingerprint density at radius 3 is 2.83 bits per heavy atom. The number of nitrogens with zero attached hydrogens (tertiary/aromatic N) is 1. The highest BCUT2D eigenvalue weighted by atomic mass is 35.5. The summed E-state index contributed by atoms with van der Waals surface area (Å²) in [5.41, 5.74) is 5.98. The second-order valence-corrected chi connectivity index (χ2v) is 8.12. The molecule has 2 rings (SSSR count). The summed E-state index contributed by atoms with van der Waals surface area (Å²) in [6, 6.07) is 4.44. The van der Waals surface area contributed by atoms with E-state index in [1.165, 1.54) is 22.5 Å². The van der Waals surface area contributed by atoms with Gasteiger partial charge in [-0.25, -0.2) is 8.42 Å². The number of hydrogen-bond donors (Lipinski definition) is 1. The second-order valence-electron chi connectivity index (χ2n) is 4.23. The zero-order valence-electron chi connectivity index (χ0n) is 9.97. The van der Waals surface area contributed by atoms with Crippen LogP contribution in [0.15, 0.2) is 23.1 Å². The van der Waals surface area contributed by atoms with Crippen molar-refractivity contribution in [3.63, 3.8) is 0 Å². The summed E-state index contributed by atoms with van der Waals surface area (Å²) < 4.78 is 26.3. The number of benzene rings is 1. The molecule has 1 heterocycles. The quantitative estimate of drug-likeness (QED) is 0.849. The molecular formula is C11H15ClN2O2S2. The lowest BCUT2D eigenvalue weighted by molar-refractivity contribution is 0.424. The van der Waals surface area contributed by atoms with Crippen molar-refractivity contribution in [3.8, 4) is 0 Å². The Kier molecular flexibility index (Phi) is 4.11. The monoisotopic (exact) mass is 306 g/mol. The number of halogens is 1. The van der Waals surface area contributed by atoms with Crippen LogP contribution in [0.5, 0.6) is 0 Å². The Morgan fingerprint density at radius 1 is 1.50 bits per heavy atom. The summed E-state index contributed by atoms with van der Waals surface area (Å²) in [7, 11) is -3.45. The maximum absolute atomic E-state index is 12.4. The van der Waals surface area contributed by atoms with E-state index in [0.717, 1.165) is 5.75 Å². The highest BCUT2D eigenvalue weighted by Crippen LogP contribution is 2.27. The summed E-state index contributed by atoms with van der Waals surface area (Å²) in [4.78, 5) is 0.209. The molecule has 18 heavy (non-hydrogen) atoms. The van der Waals surface area contributed by atoms with Gasteiger partial charge in [0.2, 0.25) is 10.0 Å². The third-order valence-corrected chi connectivity index (χ3v) is 6.14. The number of hydrogen-bond acceptors (Lipinski definition) is 4. The van der Waals surface area contributed by atoms with E-state index in [0.29, 0.717) is 24.0 Å². The molecule has 1 unspecified atom stereocenters. The van der Waals surface area contributed by atoms with Gasteiger partial charge in [-0.05, 0) is 18.2 Å². The highest BCUT2D eigenvalue weighted by Gasteiger charge is 2.29. The SMILES string of the molecule is CC1CN(S(=O)(=O)c2ccc(N)c(Cl)c2)CCS1. The first-order chi connectivity index (χ1) is 8.41. The van der Waals surface area contributed by atoms with Crippen LogP contribution in [0.2, 0.25) is 5.02 Å². The summed E-state index contributed by atoms with van der Waals surface area (Å²) in [6.45, 7) is 3.11. The molecule has 0 aromatic heterocycles. The van der Waals surface area contributed by atoms with Crippen LogP contribution in [0, 0.1) is 0 Å². The standard InChI is InChI=1S/C11H15ClN2O2S2/c1-8-7-14(4-5-17-8)18(15,16)9-2-3-11(13)10(12)6-9/h2-3,6,8H,4-5,7,13H2,1H3. The third-order valence-electron chi connectivity index (χ3n) is 2.81. The van der Waals surface area contributed by atoms with Gasteiger partial charge in [0, 0.05) is 24.1 Å². The van der Waals surface area contributed by atoms with Crippen molar-refractivity contribution >= 4 is 39.1 Å². The fraction of sp³-hybridized carbons (Fsp3) is 0.455. The van der Waals surface area contributed by atoms with Gasteiger partial charge in [0.25, 0.3) is 0 Å². The van der Waals surface area contributed by atoms with Crippen LogP contribution in [0.25, 0.3) is 0 Å². The Bertz CT molecular complexity index is 548. The van der Waals surface area contributed by atoms with Crippen LogP contribution < -0.4 is 5.73 Å². The van der Waals surface area contributed by atoms with Crippen LogP contribution in [0.1, 0.15) is 6.92 Å². The lowest BCUT2D eigenvalue weighted by atomic mass is 10.3. The zero-order chi connectivity index (χ0) is 13.3. The van der Waals surface area contributed by atoms with Gasteiger partial charge in [0.15, 0.2) is 0 Å². The number of sulfonamides is 1. The maximum atomic E-state index is 12.4. The van der Waals surface area contributed by atoms with E-state index >= 15 is 0 Å². The van der Waals surface area contributed by atoms with Crippen molar-refractivity contribution in [3.05, 3.63) is 23.2 Å².